The molecule has 21 heavy (non-hydrogen) atoms. The summed E-state index contributed by atoms with van der Waals surface area (Å²) < 4.78 is 63.9. The summed E-state index contributed by atoms with van der Waals surface area (Å²) in [7, 11) is -9.13. The number of hydrogen-bond acceptors (Lipinski definition) is 6. The number of nitrogens with zero attached hydrogens (tertiary/aromatic N) is 1. The average molecular weight is 408 g/mol. The molecule has 0 aliphatic heterocycles. The van der Waals surface area contributed by atoms with E-state index in [0.717, 1.165) is 0 Å². The molecule has 3 N–H and O–H groups in total. The molecule has 128 valence electrons. The molecule has 0 spiro atoms. The second-order valence-electron chi connectivity index (χ2n) is 5.48. The predicted molar refractivity (Wildman–Crippen MR) is 81.4 cm³/mol. The molecular formula is C8H17Cl3N2O6S2. The van der Waals surface area contributed by atoms with E-state index in [1.54, 1.807) is 0 Å². The van der Waals surface area contributed by atoms with Gasteiger partial charge in [-0.15, -0.1) is 3.94 Å². The zero-order valence-corrected chi connectivity index (χ0v) is 15.3. The molecule has 0 bridgehead atoms. The van der Waals surface area contributed by atoms with Crippen LogP contribution in [0.1, 0.15) is 27.2 Å². The lowest BCUT2D eigenvalue weighted by atomic mass is 9.90. The standard InChI is InChI=1S/C8H17Cl3N2O6S2/c1-7(2,12-9)6(21(17,18)19)4-8(3,13(10)11)5-20(14,15)16/h6,12H,4-5H2,1-3H3,(H,14,15,16)(H,17,18,19). The monoisotopic (exact) mass is 406 g/mol. The maximum Gasteiger partial charge on any atom is 0.269 e. The van der Waals surface area contributed by atoms with Crippen molar-refractivity contribution in [2.75, 3.05) is 5.75 Å². The van der Waals surface area contributed by atoms with E-state index in [1.165, 1.54) is 20.8 Å². The maximum absolute atomic E-state index is 11.5. The zero-order chi connectivity index (χ0) is 17.3. The number of hydrogen-bond donors (Lipinski definition) is 3. The highest BCUT2D eigenvalue weighted by Gasteiger charge is 2.47. The van der Waals surface area contributed by atoms with Gasteiger partial charge in [0.2, 0.25) is 0 Å². The molecule has 0 amide bonds. The van der Waals surface area contributed by atoms with Gasteiger partial charge in [0.05, 0.1) is 11.3 Å². The van der Waals surface area contributed by atoms with Crippen molar-refractivity contribution in [1.82, 2.24) is 8.77 Å². The molecule has 0 fully saturated rings. The van der Waals surface area contributed by atoms with Gasteiger partial charge in [0, 0.05) is 5.54 Å². The first-order chi connectivity index (χ1) is 9.05. The van der Waals surface area contributed by atoms with Crippen LogP contribution in [0, 0.1) is 0 Å². The number of nitrogens with one attached hydrogen (secondary N) is 1. The molecule has 13 heteroatoms. The second-order valence-corrected chi connectivity index (χ2v) is 9.57. The maximum atomic E-state index is 11.5. The Morgan fingerprint density at radius 2 is 1.57 bits per heavy atom. The summed E-state index contributed by atoms with van der Waals surface area (Å²) in [4.78, 5) is 2.19. The quantitative estimate of drug-likeness (QED) is 0.407. The van der Waals surface area contributed by atoms with Crippen LogP contribution < -0.4 is 4.84 Å². The van der Waals surface area contributed by atoms with Crippen molar-refractivity contribution >= 4 is 55.6 Å². The first-order valence-electron chi connectivity index (χ1n) is 5.46. The van der Waals surface area contributed by atoms with Gasteiger partial charge in [-0.2, -0.15) is 16.8 Å². The summed E-state index contributed by atoms with van der Waals surface area (Å²) in [6.07, 6.45) is -0.522. The largest absolute Gasteiger partial charge is 0.285 e. The lowest BCUT2D eigenvalue weighted by Crippen LogP contribution is -2.55. The van der Waals surface area contributed by atoms with Gasteiger partial charge in [0.1, 0.15) is 5.25 Å². The van der Waals surface area contributed by atoms with Crippen molar-refractivity contribution in [2.45, 2.75) is 43.5 Å². The van der Waals surface area contributed by atoms with Gasteiger partial charge in [0.25, 0.3) is 20.2 Å². The fraction of sp³-hybridized carbons (Fsp3) is 1.00. The SMILES string of the molecule is CC(C)(NCl)C(CC(C)(CS(=O)(=O)O)N(Cl)Cl)S(=O)(=O)O. The Labute approximate surface area is 139 Å². The van der Waals surface area contributed by atoms with Crippen LogP contribution in [0.5, 0.6) is 0 Å². The Morgan fingerprint density at radius 1 is 1.14 bits per heavy atom. The summed E-state index contributed by atoms with van der Waals surface area (Å²) in [6, 6.07) is 0. The topological polar surface area (TPSA) is 124 Å². The molecule has 0 rings (SSSR count). The summed E-state index contributed by atoms with van der Waals surface area (Å²) in [5.74, 6) is -0.947. The van der Waals surface area contributed by atoms with Crippen LogP contribution in [0.4, 0.5) is 0 Å². The molecule has 0 aromatic heterocycles. The number of halogens is 3. The average Bonchev–Trinajstić information content (AvgIpc) is 2.21. The fourth-order valence-corrected chi connectivity index (χ4v) is 4.76. The van der Waals surface area contributed by atoms with Crippen molar-refractivity contribution in [2.24, 2.45) is 0 Å². The van der Waals surface area contributed by atoms with Gasteiger partial charge in [-0.1, -0.05) is 0 Å². The van der Waals surface area contributed by atoms with E-state index in [0.29, 0.717) is 3.94 Å². The Hall–Kier alpha value is 0.610. The Kier molecular flexibility index (Phi) is 7.22. The molecule has 0 aromatic rings. The van der Waals surface area contributed by atoms with Gasteiger partial charge in [-0.3, -0.25) is 9.11 Å². The summed E-state index contributed by atoms with van der Waals surface area (Å²) in [5, 5.41) is -1.55. The van der Waals surface area contributed by atoms with Crippen molar-refractivity contribution < 1.29 is 25.9 Å². The van der Waals surface area contributed by atoms with Gasteiger partial charge >= 0.3 is 0 Å². The fourth-order valence-electron chi connectivity index (χ4n) is 1.76. The molecule has 0 saturated carbocycles. The minimum atomic E-state index is -4.62. The van der Waals surface area contributed by atoms with Crippen molar-refractivity contribution in [3.63, 3.8) is 0 Å². The number of rotatable bonds is 8. The summed E-state index contributed by atoms with van der Waals surface area (Å²) >= 11 is 16.6. The molecule has 0 heterocycles. The third-order valence-electron chi connectivity index (χ3n) is 2.93. The normalized spacial score (nSPS) is 18.5. The second kappa shape index (κ2) is 7.02. The molecular weight excluding hydrogens is 391 g/mol. The minimum absolute atomic E-state index is 0.420. The van der Waals surface area contributed by atoms with E-state index in [4.69, 9.17) is 39.9 Å². The highest BCUT2D eigenvalue weighted by atomic mass is 35.5. The van der Waals surface area contributed by atoms with Crippen LogP contribution >= 0.6 is 35.3 Å². The van der Waals surface area contributed by atoms with Crippen LogP contribution in [0.3, 0.4) is 0 Å². The van der Waals surface area contributed by atoms with Crippen LogP contribution in [-0.2, 0) is 20.2 Å². The predicted octanol–water partition coefficient (Wildman–Crippen LogP) is 1.41. The van der Waals surface area contributed by atoms with Crippen LogP contribution in [-0.4, -0.2) is 52.0 Å². The van der Waals surface area contributed by atoms with Crippen molar-refractivity contribution in [3.8, 4) is 0 Å². The first kappa shape index (κ1) is 21.6. The highest BCUT2D eigenvalue weighted by Crippen LogP contribution is 2.33. The molecule has 2 atom stereocenters. The third kappa shape index (κ3) is 6.71. The zero-order valence-electron chi connectivity index (χ0n) is 11.4. The van der Waals surface area contributed by atoms with E-state index in [-0.39, 0.29) is 0 Å². The Balaban J connectivity index is 5.77. The van der Waals surface area contributed by atoms with Gasteiger partial charge in [0.15, 0.2) is 0 Å². The van der Waals surface area contributed by atoms with E-state index in [2.05, 4.69) is 4.84 Å². The van der Waals surface area contributed by atoms with Gasteiger partial charge in [-0.25, -0.2) is 4.84 Å². The van der Waals surface area contributed by atoms with E-state index in [9.17, 15) is 21.4 Å². The molecule has 0 saturated heterocycles. The molecule has 2 unspecified atom stereocenters. The van der Waals surface area contributed by atoms with E-state index < -0.39 is 48.7 Å². The smallest absolute Gasteiger partial charge is 0.269 e. The third-order valence-corrected chi connectivity index (χ3v) is 6.70. The molecule has 0 aliphatic carbocycles. The van der Waals surface area contributed by atoms with E-state index in [1.807, 2.05) is 0 Å². The lowest BCUT2D eigenvalue weighted by Gasteiger charge is -2.38. The highest BCUT2D eigenvalue weighted by molar-refractivity contribution is 7.86. The molecule has 0 aromatic carbocycles. The molecule has 8 nitrogen and oxygen atoms in total. The van der Waals surface area contributed by atoms with Crippen LogP contribution in [0.25, 0.3) is 0 Å². The summed E-state index contributed by atoms with van der Waals surface area (Å²) in [5.41, 5.74) is -3.03. The first-order valence-corrected chi connectivity index (χ1v) is 9.63. The summed E-state index contributed by atoms with van der Waals surface area (Å²) in [6.45, 7) is 3.96. The molecule has 0 aliphatic rings. The van der Waals surface area contributed by atoms with Gasteiger partial charge in [-0.05, 0) is 62.5 Å². The van der Waals surface area contributed by atoms with Crippen molar-refractivity contribution in [3.05, 3.63) is 0 Å². The van der Waals surface area contributed by atoms with Crippen molar-refractivity contribution in [1.29, 1.82) is 0 Å². The Bertz CT molecular complexity index is 565. The van der Waals surface area contributed by atoms with E-state index >= 15 is 0 Å². The minimum Gasteiger partial charge on any atom is -0.285 e. The van der Waals surface area contributed by atoms with Gasteiger partial charge < -0.3 is 0 Å². The van der Waals surface area contributed by atoms with Crippen LogP contribution in [0.2, 0.25) is 0 Å². The van der Waals surface area contributed by atoms with Crippen LogP contribution in [0.15, 0.2) is 0 Å². The Morgan fingerprint density at radius 3 is 1.81 bits per heavy atom. The molecule has 0 radical (unpaired) electrons. The lowest BCUT2D eigenvalue weighted by molar-refractivity contribution is 0.270.